The van der Waals surface area contributed by atoms with Crippen LogP contribution in [0.2, 0.25) is 0 Å². The molecule has 0 aromatic rings. The molecule has 0 radical (unpaired) electrons. The molecule has 15 heavy (non-hydrogen) atoms. The first-order valence-corrected chi connectivity index (χ1v) is 6.77. The minimum absolute atomic E-state index is 0.119. The molecule has 0 saturated heterocycles. The van der Waals surface area contributed by atoms with Gasteiger partial charge >= 0.3 is 0 Å². The maximum absolute atomic E-state index is 9.16. The molecule has 0 aromatic carbocycles. The molecule has 0 amide bonds. The third-order valence-corrected chi connectivity index (χ3v) is 4.31. The summed E-state index contributed by atoms with van der Waals surface area (Å²) >= 11 is 2.26. The zero-order valence-corrected chi connectivity index (χ0v) is 11.4. The lowest BCUT2D eigenvalue weighted by Crippen LogP contribution is -2.36. The summed E-state index contributed by atoms with van der Waals surface area (Å²) in [6.45, 7) is 2.96. The minimum Gasteiger partial charge on any atom is -0.197 e. The molecule has 1 aliphatic carbocycles. The summed E-state index contributed by atoms with van der Waals surface area (Å²) in [7, 11) is 0. The first-order chi connectivity index (χ1) is 7.23. The van der Waals surface area contributed by atoms with Gasteiger partial charge in [-0.1, -0.05) is 48.8 Å². The molecule has 4 heteroatoms. The van der Waals surface area contributed by atoms with Crippen molar-refractivity contribution in [2.24, 2.45) is 10.2 Å². The molecule has 84 valence electrons. The lowest BCUT2D eigenvalue weighted by atomic mass is 9.86. The van der Waals surface area contributed by atoms with E-state index in [1.165, 1.54) is 6.42 Å². The quantitative estimate of drug-likeness (QED) is 0.336. The average Bonchev–Trinajstić information content (AvgIpc) is 2.27. The van der Waals surface area contributed by atoms with Crippen LogP contribution >= 0.6 is 22.6 Å². The van der Waals surface area contributed by atoms with Gasteiger partial charge in [-0.15, -0.1) is 0 Å². The van der Waals surface area contributed by atoms with E-state index >= 15 is 0 Å². The molecule has 1 fully saturated rings. The molecular weight excluding hydrogens is 301 g/mol. The zero-order valence-electron chi connectivity index (χ0n) is 9.25. The largest absolute Gasteiger partial charge is 0.197 e. The van der Waals surface area contributed by atoms with Crippen LogP contribution < -0.4 is 0 Å². The van der Waals surface area contributed by atoms with Gasteiger partial charge in [-0.25, -0.2) is 0 Å². The summed E-state index contributed by atoms with van der Waals surface area (Å²) < 4.78 is -0.300. The molecule has 0 N–H and O–H groups in total. The van der Waals surface area contributed by atoms with Crippen LogP contribution in [-0.2, 0) is 0 Å². The summed E-state index contributed by atoms with van der Waals surface area (Å²) in [5, 5.41) is 17.7. The fourth-order valence-corrected chi connectivity index (χ4v) is 2.60. The van der Waals surface area contributed by atoms with Crippen LogP contribution in [-0.4, -0.2) is 16.0 Å². The number of azo groups is 1. The highest BCUT2D eigenvalue weighted by Crippen LogP contribution is 2.38. The van der Waals surface area contributed by atoms with Crippen molar-refractivity contribution in [1.29, 1.82) is 5.26 Å². The van der Waals surface area contributed by atoms with Gasteiger partial charge in [0.2, 0.25) is 0 Å². The van der Waals surface area contributed by atoms with E-state index in [-0.39, 0.29) is 9.46 Å². The van der Waals surface area contributed by atoms with Crippen molar-refractivity contribution in [1.82, 2.24) is 0 Å². The van der Waals surface area contributed by atoms with Crippen molar-refractivity contribution in [3.8, 4) is 6.07 Å². The number of halogens is 1. The maximum Gasteiger partial charge on any atom is 0.132 e. The first-order valence-electron chi connectivity index (χ1n) is 5.69. The van der Waals surface area contributed by atoms with Gasteiger partial charge in [0.25, 0.3) is 0 Å². The summed E-state index contributed by atoms with van der Waals surface area (Å²) in [5.41, 5.74) is 0. The molecule has 3 nitrogen and oxygen atoms in total. The third kappa shape index (κ3) is 3.71. The molecule has 2 unspecified atom stereocenters. The smallest absolute Gasteiger partial charge is 0.132 e. The molecular formula is C11H18IN3. The van der Waals surface area contributed by atoms with Crippen molar-refractivity contribution in [3.05, 3.63) is 0 Å². The first kappa shape index (κ1) is 12.9. The van der Waals surface area contributed by atoms with Gasteiger partial charge in [-0.2, -0.15) is 15.5 Å². The van der Waals surface area contributed by atoms with Crippen molar-refractivity contribution in [2.45, 2.75) is 54.9 Å². The number of hydrogen-bond acceptors (Lipinski definition) is 3. The lowest BCUT2D eigenvalue weighted by Gasteiger charge is -2.30. The van der Waals surface area contributed by atoms with Crippen LogP contribution in [0.3, 0.4) is 0 Å². The van der Waals surface area contributed by atoms with Crippen LogP contribution in [0.1, 0.15) is 45.4 Å². The van der Waals surface area contributed by atoms with E-state index in [1.807, 2.05) is 0 Å². The predicted molar refractivity (Wildman–Crippen MR) is 69.3 cm³/mol. The Morgan fingerprint density at radius 3 is 3.00 bits per heavy atom. The molecule has 2 atom stereocenters. The lowest BCUT2D eigenvalue weighted by molar-refractivity contribution is 0.402. The van der Waals surface area contributed by atoms with Gasteiger partial charge in [-0.3, -0.25) is 0 Å². The fourth-order valence-electron chi connectivity index (χ4n) is 1.78. The number of unbranched alkanes of at least 4 members (excludes halogenated alkanes) is 1. The van der Waals surface area contributed by atoms with Gasteiger partial charge in [0, 0.05) is 0 Å². The van der Waals surface area contributed by atoms with Crippen molar-refractivity contribution in [3.63, 3.8) is 0 Å². The van der Waals surface area contributed by atoms with Crippen LogP contribution in [0.25, 0.3) is 0 Å². The standard InChI is InChI=1S/C11H18IN3/c1-2-3-8-14-15-10-6-4-5-7-11(10,12)9-13/h10H,2-8H2,1H3. The number of nitrogens with zero attached hydrogens (tertiary/aromatic N) is 3. The van der Waals surface area contributed by atoms with Gasteiger partial charge in [0.15, 0.2) is 0 Å². The van der Waals surface area contributed by atoms with Crippen molar-refractivity contribution >= 4 is 22.6 Å². The topological polar surface area (TPSA) is 48.5 Å². The predicted octanol–water partition coefficient (Wildman–Crippen LogP) is 3.88. The molecule has 0 spiro atoms. The van der Waals surface area contributed by atoms with Gasteiger partial charge in [0.1, 0.15) is 3.42 Å². The Labute approximate surface area is 105 Å². The van der Waals surface area contributed by atoms with E-state index in [1.54, 1.807) is 0 Å². The zero-order chi connectivity index (χ0) is 11.1. The number of nitriles is 1. The maximum atomic E-state index is 9.16. The number of alkyl halides is 1. The van der Waals surface area contributed by atoms with E-state index in [0.29, 0.717) is 0 Å². The number of hydrogen-bond donors (Lipinski definition) is 0. The summed E-state index contributed by atoms with van der Waals surface area (Å²) in [4.78, 5) is 0. The van der Waals surface area contributed by atoms with Crippen molar-refractivity contribution in [2.75, 3.05) is 6.54 Å². The van der Waals surface area contributed by atoms with Gasteiger partial charge in [-0.05, 0) is 19.3 Å². The van der Waals surface area contributed by atoms with Crippen molar-refractivity contribution < 1.29 is 0 Å². The van der Waals surface area contributed by atoms with Crippen LogP contribution in [0.4, 0.5) is 0 Å². The monoisotopic (exact) mass is 319 g/mol. The normalized spacial score (nSPS) is 31.7. The minimum atomic E-state index is -0.300. The molecule has 0 aliphatic heterocycles. The Bertz CT molecular complexity index is 259. The van der Waals surface area contributed by atoms with Crippen LogP contribution in [0, 0.1) is 11.3 Å². The molecule has 1 aliphatic rings. The van der Waals surface area contributed by atoms with E-state index in [0.717, 1.165) is 38.6 Å². The van der Waals surface area contributed by atoms with E-state index in [4.69, 9.17) is 5.26 Å². The number of rotatable bonds is 4. The second kappa shape index (κ2) is 6.41. The highest BCUT2D eigenvalue weighted by Gasteiger charge is 2.38. The Morgan fingerprint density at radius 2 is 2.33 bits per heavy atom. The Balaban J connectivity index is 2.51. The fraction of sp³-hybridized carbons (Fsp3) is 0.909. The molecule has 1 rings (SSSR count). The Morgan fingerprint density at radius 1 is 1.53 bits per heavy atom. The average molecular weight is 319 g/mol. The highest BCUT2D eigenvalue weighted by molar-refractivity contribution is 14.1. The van der Waals surface area contributed by atoms with Gasteiger partial charge < -0.3 is 0 Å². The second-order valence-electron chi connectivity index (χ2n) is 4.07. The molecule has 0 bridgehead atoms. The molecule has 0 aromatic heterocycles. The second-order valence-corrected chi connectivity index (χ2v) is 5.99. The molecule has 1 saturated carbocycles. The Kier molecular flexibility index (Phi) is 5.51. The van der Waals surface area contributed by atoms with Crippen LogP contribution in [0.5, 0.6) is 0 Å². The van der Waals surface area contributed by atoms with Crippen LogP contribution in [0.15, 0.2) is 10.2 Å². The Hall–Kier alpha value is -0.180. The van der Waals surface area contributed by atoms with Gasteiger partial charge in [0.05, 0.1) is 18.7 Å². The van der Waals surface area contributed by atoms with E-state index < -0.39 is 0 Å². The SMILES string of the molecule is CCCCN=NC1CCCCC1(I)C#N. The highest BCUT2D eigenvalue weighted by atomic mass is 127. The third-order valence-electron chi connectivity index (χ3n) is 2.81. The van der Waals surface area contributed by atoms with E-state index in [9.17, 15) is 0 Å². The summed E-state index contributed by atoms with van der Waals surface area (Å²) in [5.74, 6) is 0. The molecule has 0 heterocycles. The summed E-state index contributed by atoms with van der Waals surface area (Å²) in [6.07, 6.45) is 6.56. The summed E-state index contributed by atoms with van der Waals surface area (Å²) in [6, 6.07) is 2.52. The van der Waals surface area contributed by atoms with E-state index in [2.05, 4.69) is 45.8 Å².